The van der Waals surface area contributed by atoms with Crippen molar-refractivity contribution in [3.8, 4) is 0 Å². The molecular weight excluding hydrogens is 861 g/mol. The molecule has 71 heavy (non-hydrogen) atoms. The highest BCUT2D eigenvalue weighted by atomic mass is 16.5. The van der Waals surface area contributed by atoms with Crippen molar-refractivity contribution in [1.82, 2.24) is 0 Å². The first-order valence-electron chi connectivity index (χ1n) is 26.2. The van der Waals surface area contributed by atoms with E-state index in [-0.39, 0.29) is 11.9 Å². The molecule has 0 saturated carbocycles. The van der Waals surface area contributed by atoms with Gasteiger partial charge in [-0.1, -0.05) is 30.3 Å². The molecule has 29 aromatic carbocycles. The van der Waals surface area contributed by atoms with E-state index >= 15 is 4.79 Å². The number of hydrogen-bond acceptors (Lipinski definition) is 2. The summed E-state index contributed by atoms with van der Waals surface area (Å²) < 4.78 is 6.38. The third kappa shape index (κ3) is 1.47. The van der Waals surface area contributed by atoms with Gasteiger partial charge in [0.15, 0.2) is 0 Å². The van der Waals surface area contributed by atoms with Gasteiger partial charge in [0, 0.05) is 5.92 Å². The van der Waals surface area contributed by atoms with E-state index in [0.29, 0.717) is 0 Å². The van der Waals surface area contributed by atoms with Crippen LogP contribution in [0.2, 0.25) is 0 Å². The van der Waals surface area contributed by atoms with E-state index in [9.17, 15) is 0 Å². The number of carbonyl (C=O) groups excluding carboxylic acids is 1. The molecule has 4 aliphatic rings. The summed E-state index contributed by atoms with van der Waals surface area (Å²) in [6, 6.07) is 11.1. The van der Waals surface area contributed by atoms with Crippen molar-refractivity contribution in [2.24, 2.45) is 0 Å². The van der Waals surface area contributed by atoms with Crippen LogP contribution in [-0.4, -0.2) is 13.1 Å². The van der Waals surface area contributed by atoms with Gasteiger partial charge in [-0.15, -0.1) is 0 Å². The predicted octanol–water partition coefficient (Wildman–Crippen LogP) is 18.1. The highest BCUT2D eigenvalue weighted by Crippen LogP contribution is 2.84. The van der Waals surface area contributed by atoms with E-state index in [0.717, 1.165) is 5.56 Å². The summed E-state index contributed by atoms with van der Waals surface area (Å²) in [5.41, 5.74) is 6.51. The maximum atomic E-state index is 16.1. The molecular formula is C69H10O2. The molecule has 2 heteroatoms. The van der Waals surface area contributed by atoms with E-state index in [4.69, 9.17) is 4.74 Å². The zero-order chi connectivity index (χ0) is 42.5. The van der Waals surface area contributed by atoms with Crippen LogP contribution in [0.3, 0.4) is 0 Å². The first kappa shape index (κ1) is 26.8. The number of methoxy groups -OCH3 is 1. The van der Waals surface area contributed by atoms with Crippen molar-refractivity contribution < 1.29 is 9.53 Å². The molecule has 0 aromatic heterocycles. The molecule has 0 saturated heterocycles. The number of hydrogen-bond donors (Lipinski definition) is 0. The molecule has 0 amide bonds. The molecule has 0 N–H and O–H groups in total. The van der Waals surface area contributed by atoms with Crippen molar-refractivity contribution in [2.45, 2.75) is 17.3 Å². The Morgan fingerprint density at radius 1 is 0.310 bits per heavy atom. The molecule has 0 radical (unpaired) electrons. The normalized spacial score (nSPS) is 20.9. The van der Waals surface area contributed by atoms with E-state index in [2.05, 4.69) is 30.3 Å². The largest absolute Gasteiger partial charge is 0.469 e. The molecule has 29 aromatic rings. The van der Waals surface area contributed by atoms with Crippen LogP contribution in [-0.2, 0) is 14.9 Å². The van der Waals surface area contributed by atoms with Crippen molar-refractivity contribution in [3.05, 3.63) is 58.1 Å². The van der Waals surface area contributed by atoms with Gasteiger partial charge in [0.05, 0.1) is 18.4 Å². The minimum absolute atomic E-state index is 0.0302. The highest BCUT2D eigenvalue weighted by Gasteiger charge is 2.67. The van der Waals surface area contributed by atoms with Gasteiger partial charge in [0.25, 0.3) is 0 Å². The van der Waals surface area contributed by atoms with Crippen LogP contribution in [0.1, 0.15) is 39.7 Å². The topological polar surface area (TPSA) is 26.3 Å². The first-order chi connectivity index (χ1) is 35.3. The summed E-state index contributed by atoms with van der Waals surface area (Å²) in [7, 11) is 1.68. The number of ether oxygens (including phenoxy) is 1. The Balaban J connectivity index is 1.18. The average molecular weight is 871 g/mol. The van der Waals surface area contributed by atoms with Crippen LogP contribution < -0.4 is 0 Å². The van der Waals surface area contributed by atoms with E-state index in [1.165, 1.54) is 54.2 Å². The molecule has 298 valence electrons. The Morgan fingerprint density at radius 2 is 0.507 bits per heavy atom. The second kappa shape index (κ2) is 6.18. The van der Waals surface area contributed by atoms with Gasteiger partial charge < -0.3 is 4.74 Å². The minimum Gasteiger partial charge on any atom is -0.469 e. The average Bonchev–Trinajstić information content (AvgIpc) is 4.39. The van der Waals surface area contributed by atoms with Gasteiger partial charge in [-0.2, -0.15) is 0 Å². The maximum Gasteiger partial charge on any atom is 0.314 e. The fourth-order valence-corrected chi connectivity index (χ4v) is 25.0. The number of esters is 1. The summed E-state index contributed by atoms with van der Waals surface area (Å²) in [6.07, 6.45) is 0. The Labute approximate surface area is 386 Å². The van der Waals surface area contributed by atoms with E-state index in [1.807, 2.05) is 0 Å². The Hall–Kier alpha value is -8.85. The van der Waals surface area contributed by atoms with Gasteiger partial charge in [0.2, 0.25) is 0 Å². The van der Waals surface area contributed by atoms with Crippen LogP contribution in [0.25, 0.3) is 291 Å². The number of rotatable bonds is 3. The van der Waals surface area contributed by atoms with Crippen LogP contribution >= 0.6 is 0 Å². The molecule has 0 fully saturated rings. The smallest absolute Gasteiger partial charge is 0.314 e. The van der Waals surface area contributed by atoms with Crippen LogP contribution in [0.4, 0.5) is 0 Å². The molecule has 0 spiro atoms. The van der Waals surface area contributed by atoms with Crippen LogP contribution in [0, 0.1) is 0 Å². The predicted molar refractivity (Wildman–Crippen MR) is 296 cm³/mol. The van der Waals surface area contributed by atoms with Crippen molar-refractivity contribution >= 4 is 297 Å². The zero-order valence-corrected chi connectivity index (χ0v) is 36.4. The van der Waals surface area contributed by atoms with Gasteiger partial charge >= 0.3 is 5.97 Å². The molecule has 0 heterocycles. The second-order valence-electron chi connectivity index (χ2n) is 25.5. The maximum absolute atomic E-state index is 16.1. The molecule has 4 aliphatic carbocycles. The summed E-state index contributed by atoms with van der Waals surface area (Å²) in [5, 5.41) is 85.3. The third-order valence-corrected chi connectivity index (χ3v) is 25.2. The summed E-state index contributed by atoms with van der Waals surface area (Å²) in [5.74, 6) is -0.666. The molecule has 1 unspecified atom stereocenters. The fraction of sp³-hybridized carbons (Fsp3) is 0.0580. The van der Waals surface area contributed by atoms with Gasteiger partial charge in [0.1, 0.15) is 0 Å². The van der Waals surface area contributed by atoms with E-state index in [1.54, 1.807) is 266 Å². The monoisotopic (exact) mass is 870 g/mol. The lowest BCUT2D eigenvalue weighted by Gasteiger charge is -2.49. The molecule has 0 bridgehead atoms. The summed E-state index contributed by atoms with van der Waals surface area (Å²) in [4.78, 5) is 16.1. The standard InChI is InChI=1S/C69H10O2/c1-71-68(70)64(7-5-3-2-4-6-7)69-65-60-54-40-32-24-12-9-8-10-13(12)25-27-23-17(10)19-15-11(8)14-18-16(9)22-26(24)38(40)46-44-30(22)28(18)36-34-20(14)21(15)35-37-29(19)31(23)45-47-39(27)41(33(25)32)55(54)61(65)57(47)59-51(45)49(37)53-43(35)42(34)52-48(36)50(44)58(56(46)60)66(69)62(52)63(53)67(59)69/h2-6,64-65H,1H3. The second-order valence-corrected chi connectivity index (χ2v) is 25.5. The lowest BCUT2D eigenvalue weighted by Crippen LogP contribution is -2.46. The summed E-state index contributed by atoms with van der Waals surface area (Å²) in [6.45, 7) is 0. The number of carbonyl (C=O) groups is 1. The minimum atomic E-state index is -0.722. The number of benzene rings is 19. The van der Waals surface area contributed by atoms with Crippen LogP contribution in [0.5, 0.6) is 0 Å². The first-order valence-corrected chi connectivity index (χ1v) is 26.2. The lowest BCUT2D eigenvalue weighted by atomic mass is 9.51. The third-order valence-electron chi connectivity index (χ3n) is 25.2. The summed E-state index contributed by atoms with van der Waals surface area (Å²) >= 11 is 0. The zero-order valence-electron chi connectivity index (χ0n) is 36.4. The van der Waals surface area contributed by atoms with Gasteiger partial charge in [-0.05, 0) is 319 Å². The molecule has 33 rings (SSSR count). The van der Waals surface area contributed by atoms with Crippen molar-refractivity contribution in [1.29, 1.82) is 0 Å². The van der Waals surface area contributed by atoms with Crippen molar-refractivity contribution in [3.63, 3.8) is 0 Å². The van der Waals surface area contributed by atoms with Crippen LogP contribution in [0.15, 0.2) is 30.3 Å². The van der Waals surface area contributed by atoms with Gasteiger partial charge in [-0.25, -0.2) is 0 Å². The molecule has 0 aliphatic heterocycles. The molecule has 1 atom stereocenters. The quantitative estimate of drug-likeness (QED) is 0.131. The fourth-order valence-electron chi connectivity index (χ4n) is 25.0. The highest BCUT2D eigenvalue weighted by molar-refractivity contribution is 6.82. The Morgan fingerprint density at radius 3 is 0.746 bits per heavy atom. The lowest BCUT2D eigenvalue weighted by molar-refractivity contribution is -0.144. The van der Waals surface area contributed by atoms with Crippen molar-refractivity contribution in [2.75, 3.05) is 7.11 Å². The Kier molecular flexibility index (Phi) is 2.33. The van der Waals surface area contributed by atoms with E-state index < -0.39 is 11.3 Å². The SMILES string of the molecule is COC(=O)C(c1ccccc1)C12c3c4c5c6c7c8c(c9c%10c1c1c3c3c%11c4c4c5c5c7c7c%12c8c8c9c9c%10c%10c1c1c3c3c%11c%11c4c4c5c7c5c7c%12c8c8c9c9c%10c1c1c3c3c%11c4c5c4c7c8c9c1c34)C62. The Bertz CT molecular complexity index is 7170. The van der Waals surface area contributed by atoms with Gasteiger partial charge in [-0.3, -0.25) is 4.79 Å². The molecule has 2 nitrogen and oxygen atoms in total.